The molecule has 0 unspecified atom stereocenters. The lowest BCUT2D eigenvalue weighted by atomic mass is 10.1. The summed E-state index contributed by atoms with van der Waals surface area (Å²) in [6, 6.07) is 5.28. The molecule has 0 bridgehead atoms. The number of rotatable bonds is 5. The van der Waals surface area contributed by atoms with Gasteiger partial charge in [0.05, 0.1) is 5.69 Å². The van der Waals surface area contributed by atoms with Gasteiger partial charge in [-0.3, -0.25) is 9.59 Å². The van der Waals surface area contributed by atoms with Crippen LogP contribution in [-0.4, -0.2) is 41.1 Å². The summed E-state index contributed by atoms with van der Waals surface area (Å²) in [5, 5.41) is 5.78. The highest BCUT2D eigenvalue weighted by molar-refractivity contribution is 6.05. The molecule has 2 amide bonds. The lowest BCUT2D eigenvalue weighted by Crippen LogP contribution is -2.30. The van der Waals surface area contributed by atoms with Gasteiger partial charge in [-0.25, -0.2) is 4.98 Å². The molecular weight excluding hydrogens is 372 g/mol. The van der Waals surface area contributed by atoms with Crippen molar-refractivity contribution in [2.75, 3.05) is 25.1 Å². The van der Waals surface area contributed by atoms with E-state index in [-0.39, 0.29) is 11.8 Å². The van der Waals surface area contributed by atoms with Gasteiger partial charge >= 0.3 is 0 Å². The highest BCUT2D eigenvalue weighted by atomic mass is 16.6. The summed E-state index contributed by atoms with van der Waals surface area (Å²) in [4.78, 5) is 30.0. The van der Waals surface area contributed by atoms with Crippen molar-refractivity contribution in [2.45, 2.75) is 39.7 Å². The van der Waals surface area contributed by atoms with E-state index in [0.717, 1.165) is 25.0 Å². The Bertz CT molecular complexity index is 935. The molecule has 4 rings (SSSR count). The molecule has 2 aliphatic heterocycles. The Kier molecular flexibility index (Phi) is 5.42. The second-order valence-electron chi connectivity index (χ2n) is 7.76. The lowest BCUT2D eigenvalue weighted by molar-refractivity contribution is 0.0933. The minimum atomic E-state index is -0.324. The number of amides is 2. The number of benzene rings is 1. The van der Waals surface area contributed by atoms with E-state index >= 15 is 0 Å². The number of anilines is 1. The number of nitrogens with zero attached hydrogens (tertiary/aromatic N) is 2. The number of aromatic nitrogens is 2. The number of hydrogen-bond acceptors (Lipinski definition) is 5. The van der Waals surface area contributed by atoms with Crippen LogP contribution in [0.15, 0.2) is 18.2 Å². The van der Waals surface area contributed by atoms with Crippen molar-refractivity contribution in [3.05, 3.63) is 35.4 Å². The molecule has 0 saturated carbocycles. The smallest absolute Gasteiger partial charge is 0.287 e. The third kappa shape index (κ3) is 4.06. The topological polar surface area (TPSA) is 94.5 Å². The zero-order valence-corrected chi connectivity index (χ0v) is 16.8. The Balaban J connectivity index is 1.57. The molecule has 2 aromatic rings. The fourth-order valence-corrected chi connectivity index (χ4v) is 3.59. The average molecular weight is 398 g/mol. The van der Waals surface area contributed by atoms with Crippen LogP contribution in [0.5, 0.6) is 11.5 Å². The van der Waals surface area contributed by atoms with Crippen LogP contribution in [0.25, 0.3) is 0 Å². The molecule has 0 spiro atoms. The maximum atomic E-state index is 13.0. The number of fused-ring (bicyclic) bond motifs is 2. The van der Waals surface area contributed by atoms with Gasteiger partial charge in [0, 0.05) is 24.8 Å². The highest BCUT2D eigenvalue weighted by Gasteiger charge is 2.27. The van der Waals surface area contributed by atoms with E-state index in [1.807, 2.05) is 18.4 Å². The van der Waals surface area contributed by atoms with E-state index in [1.54, 1.807) is 18.2 Å². The van der Waals surface area contributed by atoms with Gasteiger partial charge in [-0.05, 0) is 37.3 Å². The van der Waals surface area contributed by atoms with Crippen LogP contribution in [0.3, 0.4) is 0 Å². The van der Waals surface area contributed by atoms with Gasteiger partial charge in [-0.15, -0.1) is 0 Å². The summed E-state index contributed by atoms with van der Waals surface area (Å²) in [5.74, 6) is 1.36. The van der Waals surface area contributed by atoms with Gasteiger partial charge in [0.15, 0.2) is 23.0 Å². The predicted molar refractivity (Wildman–Crippen MR) is 108 cm³/mol. The zero-order valence-electron chi connectivity index (χ0n) is 16.8. The fourth-order valence-electron chi connectivity index (χ4n) is 3.59. The third-order valence-corrected chi connectivity index (χ3v) is 5.01. The molecule has 2 aliphatic rings. The van der Waals surface area contributed by atoms with E-state index in [2.05, 4.69) is 15.6 Å². The first-order valence-corrected chi connectivity index (χ1v) is 10.1. The monoisotopic (exact) mass is 398 g/mol. The largest absolute Gasteiger partial charge is 0.486 e. The van der Waals surface area contributed by atoms with Crippen molar-refractivity contribution in [3.63, 3.8) is 0 Å². The molecule has 3 heterocycles. The van der Waals surface area contributed by atoms with Crippen LogP contribution >= 0.6 is 0 Å². The molecule has 8 nitrogen and oxygen atoms in total. The molecule has 2 N–H and O–H groups in total. The molecule has 0 fully saturated rings. The SMILES string of the molecule is CC(C)CNC(=O)c1nc(C(=O)Nc2ccc3c(c2)OCCO3)c2n1CCCC2. The van der Waals surface area contributed by atoms with Gasteiger partial charge in [-0.1, -0.05) is 13.8 Å². The first-order chi connectivity index (χ1) is 14.0. The summed E-state index contributed by atoms with van der Waals surface area (Å²) < 4.78 is 13.0. The second kappa shape index (κ2) is 8.14. The zero-order chi connectivity index (χ0) is 20.4. The first-order valence-electron chi connectivity index (χ1n) is 10.1. The Labute approximate surface area is 169 Å². The number of nitrogens with one attached hydrogen (secondary N) is 2. The molecule has 0 atom stereocenters. The van der Waals surface area contributed by atoms with Gasteiger partial charge in [0.2, 0.25) is 0 Å². The maximum absolute atomic E-state index is 13.0. The quantitative estimate of drug-likeness (QED) is 0.807. The molecule has 0 saturated heterocycles. The van der Waals surface area contributed by atoms with Crippen molar-refractivity contribution < 1.29 is 19.1 Å². The van der Waals surface area contributed by atoms with E-state index in [0.29, 0.717) is 60.9 Å². The van der Waals surface area contributed by atoms with E-state index in [1.165, 1.54) is 0 Å². The van der Waals surface area contributed by atoms with Gasteiger partial charge in [0.25, 0.3) is 11.8 Å². The van der Waals surface area contributed by atoms with Crippen molar-refractivity contribution in [1.29, 1.82) is 0 Å². The van der Waals surface area contributed by atoms with E-state index in [9.17, 15) is 9.59 Å². The number of hydrogen-bond donors (Lipinski definition) is 2. The molecule has 0 radical (unpaired) electrons. The number of imidazole rings is 1. The molecular formula is C21H26N4O4. The Morgan fingerprint density at radius 3 is 2.72 bits per heavy atom. The molecule has 1 aromatic carbocycles. The molecule has 0 aliphatic carbocycles. The van der Waals surface area contributed by atoms with Gasteiger partial charge in [0.1, 0.15) is 13.2 Å². The Hall–Kier alpha value is -3.03. The van der Waals surface area contributed by atoms with E-state index in [4.69, 9.17) is 9.47 Å². The highest BCUT2D eigenvalue weighted by Crippen LogP contribution is 2.33. The summed E-state index contributed by atoms with van der Waals surface area (Å²) in [6.07, 6.45) is 2.68. The molecule has 8 heteroatoms. The first kappa shape index (κ1) is 19.3. The van der Waals surface area contributed by atoms with Crippen LogP contribution in [0.4, 0.5) is 5.69 Å². The van der Waals surface area contributed by atoms with Crippen LogP contribution in [0.1, 0.15) is 53.5 Å². The minimum absolute atomic E-state index is 0.236. The van der Waals surface area contributed by atoms with Gasteiger partial charge in [-0.2, -0.15) is 0 Å². The van der Waals surface area contributed by atoms with Crippen LogP contribution in [0, 0.1) is 5.92 Å². The summed E-state index contributed by atoms with van der Waals surface area (Å²) >= 11 is 0. The second-order valence-corrected chi connectivity index (χ2v) is 7.76. The lowest BCUT2D eigenvalue weighted by Gasteiger charge is -2.19. The van der Waals surface area contributed by atoms with Crippen molar-refractivity contribution in [3.8, 4) is 11.5 Å². The minimum Gasteiger partial charge on any atom is -0.486 e. The summed E-state index contributed by atoms with van der Waals surface area (Å²) in [6.45, 7) is 6.33. The van der Waals surface area contributed by atoms with E-state index < -0.39 is 0 Å². The third-order valence-electron chi connectivity index (χ3n) is 5.01. The van der Waals surface area contributed by atoms with Crippen LogP contribution in [0.2, 0.25) is 0 Å². The average Bonchev–Trinajstić information content (AvgIpc) is 3.12. The van der Waals surface area contributed by atoms with Gasteiger partial charge < -0.3 is 24.7 Å². The molecule has 1 aromatic heterocycles. The summed E-state index contributed by atoms with van der Waals surface area (Å²) in [5.41, 5.74) is 1.73. The van der Waals surface area contributed by atoms with Crippen LogP contribution < -0.4 is 20.1 Å². The number of carbonyl (C=O) groups is 2. The maximum Gasteiger partial charge on any atom is 0.287 e. The Morgan fingerprint density at radius 1 is 1.14 bits per heavy atom. The predicted octanol–water partition coefficient (Wildman–Crippen LogP) is 2.63. The molecule has 154 valence electrons. The van der Waals surface area contributed by atoms with Crippen molar-refractivity contribution >= 4 is 17.5 Å². The molecule has 29 heavy (non-hydrogen) atoms. The number of ether oxygens (including phenoxy) is 2. The summed E-state index contributed by atoms with van der Waals surface area (Å²) in [7, 11) is 0. The standard InChI is InChI=1S/C21H26N4O4/c1-13(2)12-22-21(27)19-24-18(15-5-3-4-8-25(15)19)20(26)23-14-6-7-16-17(11-14)29-10-9-28-16/h6-7,11,13H,3-5,8-10,12H2,1-2H3,(H,22,27)(H,23,26). The Morgan fingerprint density at radius 2 is 1.93 bits per heavy atom. The van der Waals surface area contributed by atoms with Crippen molar-refractivity contribution in [2.24, 2.45) is 5.92 Å². The normalized spacial score (nSPS) is 15.0. The van der Waals surface area contributed by atoms with Crippen molar-refractivity contribution in [1.82, 2.24) is 14.9 Å². The number of carbonyl (C=O) groups excluding carboxylic acids is 2. The fraction of sp³-hybridized carbons (Fsp3) is 0.476. The van der Waals surface area contributed by atoms with Crippen LogP contribution in [-0.2, 0) is 13.0 Å².